The van der Waals surface area contributed by atoms with Crippen LogP contribution in [0.2, 0.25) is 0 Å². The highest BCUT2D eigenvalue weighted by Crippen LogP contribution is 2.28. The summed E-state index contributed by atoms with van der Waals surface area (Å²) in [7, 11) is 0. The first-order valence-corrected chi connectivity index (χ1v) is 5.78. The van der Waals surface area contributed by atoms with E-state index in [1.54, 1.807) is 6.07 Å². The van der Waals surface area contributed by atoms with E-state index in [4.69, 9.17) is 11.5 Å². The van der Waals surface area contributed by atoms with E-state index >= 15 is 0 Å². The van der Waals surface area contributed by atoms with Gasteiger partial charge in [-0.05, 0) is 34.5 Å². The summed E-state index contributed by atoms with van der Waals surface area (Å²) in [5.74, 6) is 1.06. The first-order valence-electron chi connectivity index (χ1n) is 4.98. The number of anilines is 4. The number of hydrogen-bond acceptors (Lipinski definition) is 5. The van der Waals surface area contributed by atoms with Crippen LogP contribution in [0.25, 0.3) is 0 Å². The average Bonchev–Trinajstić information content (AvgIpc) is 2.23. The standard InChI is InChI=1S/C11H12BrN5/c1-6-3-2-4-7(10(6)12)15-9-5-8(13)16-11(14)17-9/h2-5H,1H3,(H5,13,14,15,16,17). The molecule has 0 atom stereocenters. The largest absolute Gasteiger partial charge is 0.383 e. The normalized spacial score (nSPS) is 10.2. The van der Waals surface area contributed by atoms with Crippen LogP contribution in [0.3, 0.4) is 0 Å². The molecular formula is C11H12BrN5. The predicted molar refractivity (Wildman–Crippen MR) is 73.0 cm³/mol. The molecule has 17 heavy (non-hydrogen) atoms. The fraction of sp³-hybridized carbons (Fsp3) is 0.0909. The Kier molecular flexibility index (Phi) is 3.14. The van der Waals surface area contributed by atoms with Crippen molar-refractivity contribution in [3.05, 3.63) is 34.3 Å². The minimum Gasteiger partial charge on any atom is -0.383 e. The summed E-state index contributed by atoms with van der Waals surface area (Å²) in [4.78, 5) is 7.86. The van der Waals surface area contributed by atoms with Crippen molar-refractivity contribution in [3.8, 4) is 0 Å². The second-order valence-corrected chi connectivity index (χ2v) is 4.39. The van der Waals surface area contributed by atoms with Gasteiger partial charge in [0.15, 0.2) is 0 Å². The molecule has 1 heterocycles. The molecule has 0 aliphatic rings. The molecule has 2 aromatic rings. The third-order valence-corrected chi connectivity index (χ3v) is 3.27. The molecule has 0 unspecified atom stereocenters. The Bertz CT molecular complexity index is 535. The van der Waals surface area contributed by atoms with Crippen molar-refractivity contribution in [1.29, 1.82) is 0 Å². The zero-order chi connectivity index (χ0) is 12.4. The molecule has 2 rings (SSSR count). The van der Waals surface area contributed by atoms with Crippen LogP contribution in [-0.4, -0.2) is 9.97 Å². The second kappa shape index (κ2) is 4.58. The van der Waals surface area contributed by atoms with E-state index in [9.17, 15) is 0 Å². The number of nitrogens with two attached hydrogens (primary N) is 2. The molecule has 0 saturated heterocycles. The van der Waals surface area contributed by atoms with Crippen molar-refractivity contribution in [3.63, 3.8) is 0 Å². The fourth-order valence-corrected chi connectivity index (χ4v) is 1.79. The lowest BCUT2D eigenvalue weighted by atomic mass is 10.2. The van der Waals surface area contributed by atoms with E-state index in [1.807, 2.05) is 25.1 Å². The first kappa shape index (κ1) is 11.7. The Hall–Kier alpha value is -1.82. The predicted octanol–water partition coefficient (Wildman–Crippen LogP) is 2.46. The maximum atomic E-state index is 5.60. The van der Waals surface area contributed by atoms with Crippen LogP contribution in [-0.2, 0) is 0 Å². The van der Waals surface area contributed by atoms with Crippen LogP contribution in [0.5, 0.6) is 0 Å². The molecule has 1 aromatic carbocycles. The lowest BCUT2D eigenvalue weighted by molar-refractivity contribution is 1.19. The van der Waals surface area contributed by atoms with Gasteiger partial charge in [-0.1, -0.05) is 12.1 Å². The lowest BCUT2D eigenvalue weighted by Gasteiger charge is -2.10. The fourth-order valence-electron chi connectivity index (χ4n) is 1.43. The zero-order valence-corrected chi connectivity index (χ0v) is 10.8. The molecule has 5 nitrogen and oxygen atoms in total. The highest BCUT2D eigenvalue weighted by molar-refractivity contribution is 9.10. The molecule has 0 aliphatic heterocycles. The molecule has 0 radical (unpaired) electrons. The topological polar surface area (TPSA) is 89.8 Å². The monoisotopic (exact) mass is 293 g/mol. The minimum absolute atomic E-state index is 0.149. The average molecular weight is 294 g/mol. The maximum absolute atomic E-state index is 5.60. The first-order chi connectivity index (χ1) is 8.06. The number of nitrogens with one attached hydrogen (secondary N) is 1. The second-order valence-electron chi connectivity index (χ2n) is 3.60. The SMILES string of the molecule is Cc1cccc(Nc2cc(N)nc(N)n2)c1Br. The number of rotatable bonds is 2. The van der Waals surface area contributed by atoms with Crippen molar-refractivity contribution >= 4 is 39.2 Å². The van der Waals surface area contributed by atoms with Gasteiger partial charge in [0.25, 0.3) is 0 Å². The Morgan fingerprint density at radius 2 is 2.00 bits per heavy atom. The highest BCUT2D eigenvalue weighted by atomic mass is 79.9. The zero-order valence-electron chi connectivity index (χ0n) is 9.24. The van der Waals surface area contributed by atoms with Crippen LogP contribution in [0.4, 0.5) is 23.3 Å². The molecular weight excluding hydrogens is 282 g/mol. The van der Waals surface area contributed by atoms with Gasteiger partial charge in [0, 0.05) is 10.5 Å². The van der Waals surface area contributed by atoms with E-state index < -0.39 is 0 Å². The summed E-state index contributed by atoms with van der Waals surface area (Å²) in [5.41, 5.74) is 13.2. The molecule has 6 heteroatoms. The molecule has 0 fully saturated rings. The third kappa shape index (κ3) is 2.65. The van der Waals surface area contributed by atoms with Crippen molar-refractivity contribution in [2.24, 2.45) is 0 Å². The summed E-state index contributed by atoms with van der Waals surface area (Å²) in [5, 5.41) is 3.14. The van der Waals surface area contributed by atoms with Gasteiger partial charge in [-0.25, -0.2) is 0 Å². The van der Waals surface area contributed by atoms with Crippen LogP contribution >= 0.6 is 15.9 Å². The summed E-state index contributed by atoms with van der Waals surface area (Å²) < 4.78 is 0.982. The number of benzene rings is 1. The molecule has 0 amide bonds. The molecule has 5 N–H and O–H groups in total. The number of halogens is 1. The molecule has 0 aliphatic carbocycles. The molecule has 0 bridgehead atoms. The summed E-state index contributed by atoms with van der Waals surface area (Å²) >= 11 is 3.51. The molecule has 88 valence electrons. The van der Waals surface area contributed by atoms with Gasteiger partial charge in [-0.15, -0.1) is 0 Å². The van der Waals surface area contributed by atoms with E-state index in [2.05, 4.69) is 31.2 Å². The number of nitrogens with zero attached hydrogens (tertiary/aromatic N) is 2. The highest BCUT2D eigenvalue weighted by Gasteiger charge is 2.05. The van der Waals surface area contributed by atoms with Crippen molar-refractivity contribution in [2.75, 3.05) is 16.8 Å². The number of aromatic nitrogens is 2. The maximum Gasteiger partial charge on any atom is 0.223 e. The van der Waals surface area contributed by atoms with Crippen molar-refractivity contribution < 1.29 is 0 Å². The number of hydrogen-bond donors (Lipinski definition) is 3. The Morgan fingerprint density at radius 1 is 1.24 bits per heavy atom. The molecule has 0 spiro atoms. The van der Waals surface area contributed by atoms with E-state index in [0.29, 0.717) is 11.6 Å². The van der Waals surface area contributed by atoms with Crippen LogP contribution in [0.1, 0.15) is 5.56 Å². The summed E-state index contributed by atoms with van der Waals surface area (Å²) in [6.07, 6.45) is 0. The van der Waals surface area contributed by atoms with Crippen molar-refractivity contribution in [2.45, 2.75) is 6.92 Å². The van der Waals surface area contributed by atoms with Gasteiger partial charge < -0.3 is 16.8 Å². The number of aryl methyl sites for hydroxylation is 1. The van der Waals surface area contributed by atoms with Gasteiger partial charge in [0.2, 0.25) is 5.95 Å². The van der Waals surface area contributed by atoms with Gasteiger partial charge in [-0.2, -0.15) is 9.97 Å². The van der Waals surface area contributed by atoms with Crippen LogP contribution in [0, 0.1) is 6.92 Å². The Labute approximate surface area is 107 Å². The van der Waals surface area contributed by atoms with E-state index in [1.165, 1.54) is 0 Å². The Morgan fingerprint density at radius 3 is 2.71 bits per heavy atom. The van der Waals surface area contributed by atoms with Gasteiger partial charge in [-0.3, -0.25) is 0 Å². The smallest absolute Gasteiger partial charge is 0.223 e. The third-order valence-electron chi connectivity index (χ3n) is 2.22. The summed E-state index contributed by atoms with van der Waals surface area (Å²) in [6, 6.07) is 7.53. The molecule has 1 aromatic heterocycles. The van der Waals surface area contributed by atoms with Gasteiger partial charge in [0.05, 0.1) is 5.69 Å². The van der Waals surface area contributed by atoms with E-state index in [-0.39, 0.29) is 5.95 Å². The van der Waals surface area contributed by atoms with Crippen LogP contribution in [0.15, 0.2) is 28.7 Å². The lowest BCUT2D eigenvalue weighted by Crippen LogP contribution is -2.03. The number of nitrogen functional groups attached to an aromatic ring is 2. The minimum atomic E-state index is 0.149. The van der Waals surface area contributed by atoms with Gasteiger partial charge >= 0.3 is 0 Å². The van der Waals surface area contributed by atoms with Crippen LogP contribution < -0.4 is 16.8 Å². The van der Waals surface area contributed by atoms with E-state index in [0.717, 1.165) is 15.7 Å². The quantitative estimate of drug-likeness (QED) is 0.791. The van der Waals surface area contributed by atoms with Gasteiger partial charge in [0.1, 0.15) is 11.6 Å². The van der Waals surface area contributed by atoms with Crippen molar-refractivity contribution in [1.82, 2.24) is 9.97 Å². The molecule has 0 saturated carbocycles. The Balaban J connectivity index is 2.34. The summed E-state index contributed by atoms with van der Waals surface area (Å²) in [6.45, 7) is 2.01.